The third-order valence-corrected chi connectivity index (χ3v) is 5.36. The summed E-state index contributed by atoms with van der Waals surface area (Å²) < 4.78 is 1.42. The fourth-order valence-corrected chi connectivity index (χ4v) is 3.72. The first-order valence-corrected chi connectivity index (χ1v) is 8.35. The topological polar surface area (TPSA) is 62.5 Å². The van der Waals surface area contributed by atoms with Crippen molar-refractivity contribution in [2.45, 2.75) is 13.8 Å². The van der Waals surface area contributed by atoms with Gasteiger partial charge in [-0.1, -0.05) is 17.7 Å². The second-order valence-electron chi connectivity index (χ2n) is 5.89. The lowest BCUT2D eigenvalue weighted by atomic mass is 10.1. The Morgan fingerprint density at radius 2 is 1.83 bits per heavy atom. The summed E-state index contributed by atoms with van der Waals surface area (Å²) in [7, 11) is 3.21. The molecule has 0 atom stereocenters. The molecule has 124 valence electrons. The summed E-state index contributed by atoms with van der Waals surface area (Å²) in [5, 5.41) is 13.0. The van der Waals surface area contributed by atoms with Crippen LogP contribution in [0.5, 0.6) is 5.75 Å². The molecule has 2 aromatic heterocycles. The molecular weight excluding hydrogens is 324 g/mol. The number of thiophene rings is 1. The van der Waals surface area contributed by atoms with Crippen molar-refractivity contribution in [2.75, 3.05) is 11.9 Å². The van der Waals surface area contributed by atoms with Gasteiger partial charge in [0.1, 0.15) is 16.1 Å². The number of carbonyl (C=O) groups excluding carboxylic acids is 1. The molecule has 2 heterocycles. The Labute approximate surface area is 143 Å². The summed E-state index contributed by atoms with van der Waals surface area (Å²) in [6.45, 7) is 3.81. The number of benzene rings is 1. The third-order valence-electron chi connectivity index (χ3n) is 4.19. The maximum Gasteiger partial charge on any atom is 0.268 e. The molecule has 0 aliphatic carbocycles. The summed E-state index contributed by atoms with van der Waals surface area (Å²) in [4.78, 5) is 27.5. The molecule has 0 aliphatic rings. The van der Waals surface area contributed by atoms with Crippen LogP contribution in [0.15, 0.2) is 34.4 Å². The van der Waals surface area contributed by atoms with Gasteiger partial charge in [0, 0.05) is 19.8 Å². The second kappa shape index (κ2) is 5.79. The number of anilines is 1. The van der Waals surface area contributed by atoms with Crippen molar-refractivity contribution in [3.05, 3.63) is 56.7 Å². The number of carbonyl (C=O) groups is 1. The minimum atomic E-state index is -0.524. The lowest BCUT2D eigenvalue weighted by molar-refractivity contribution is 0.0988. The van der Waals surface area contributed by atoms with Gasteiger partial charge in [-0.2, -0.15) is 0 Å². The van der Waals surface area contributed by atoms with Crippen molar-refractivity contribution in [1.82, 2.24) is 4.57 Å². The first kappa shape index (κ1) is 16.3. The van der Waals surface area contributed by atoms with E-state index in [1.165, 1.54) is 20.8 Å². The highest BCUT2D eigenvalue weighted by Crippen LogP contribution is 2.34. The summed E-state index contributed by atoms with van der Waals surface area (Å²) in [6.07, 6.45) is 0. The molecule has 1 N–H and O–H groups in total. The molecule has 0 saturated carbocycles. The number of hydrogen-bond donors (Lipinski definition) is 1. The first-order chi connectivity index (χ1) is 11.3. The quantitative estimate of drug-likeness (QED) is 0.778. The number of rotatable bonds is 2. The largest absolute Gasteiger partial charge is 0.506 e. The van der Waals surface area contributed by atoms with Crippen LogP contribution in [0, 0.1) is 13.8 Å². The van der Waals surface area contributed by atoms with Gasteiger partial charge in [0.25, 0.3) is 11.5 Å². The number of pyridine rings is 1. The Kier molecular flexibility index (Phi) is 3.93. The second-order valence-corrected chi connectivity index (χ2v) is 6.74. The predicted octanol–water partition coefficient (Wildman–Crippen LogP) is 3.20. The molecule has 3 rings (SSSR count). The summed E-state index contributed by atoms with van der Waals surface area (Å²) in [6, 6.07) is 7.40. The van der Waals surface area contributed by atoms with Crippen molar-refractivity contribution in [1.29, 1.82) is 0 Å². The van der Waals surface area contributed by atoms with Gasteiger partial charge in [-0.25, -0.2) is 0 Å². The molecule has 24 heavy (non-hydrogen) atoms. The van der Waals surface area contributed by atoms with Crippen LogP contribution >= 0.6 is 11.3 Å². The average molecular weight is 342 g/mol. The van der Waals surface area contributed by atoms with E-state index in [0.29, 0.717) is 15.9 Å². The van der Waals surface area contributed by atoms with Crippen LogP contribution in [0.1, 0.15) is 21.5 Å². The van der Waals surface area contributed by atoms with E-state index in [9.17, 15) is 14.7 Å². The lowest BCUT2D eigenvalue weighted by Crippen LogP contribution is -2.33. The van der Waals surface area contributed by atoms with E-state index in [1.807, 2.05) is 43.5 Å². The zero-order valence-corrected chi connectivity index (χ0v) is 14.8. The maximum absolute atomic E-state index is 12.9. The fraction of sp³-hybridized carbons (Fsp3) is 0.222. The van der Waals surface area contributed by atoms with E-state index in [-0.39, 0.29) is 11.3 Å². The number of amides is 1. The zero-order chi connectivity index (χ0) is 17.6. The van der Waals surface area contributed by atoms with Crippen LogP contribution in [0.25, 0.3) is 10.2 Å². The van der Waals surface area contributed by atoms with Gasteiger partial charge in [0.15, 0.2) is 0 Å². The predicted molar refractivity (Wildman–Crippen MR) is 97.4 cm³/mol. The molecule has 1 aromatic carbocycles. The standard InChI is InChI=1S/C18H18N2O3S/c1-10-5-7-12(8-6-10)19(3)16(22)14-15(21)13-11(2)9-24-18(13)20(4)17(14)23/h5-9,21H,1-4H3. The van der Waals surface area contributed by atoms with E-state index in [1.54, 1.807) is 14.1 Å². The summed E-state index contributed by atoms with van der Waals surface area (Å²) >= 11 is 1.37. The number of fused-ring (bicyclic) bond motifs is 1. The minimum absolute atomic E-state index is 0.199. The van der Waals surface area contributed by atoms with Gasteiger partial charge in [-0.15, -0.1) is 11.3 Å². The van der Waals surface area contributed by atoms with E-state index in [0.717, 1.165) is 11.1 Å². The molecule has 6 heteroatoms. The van der Waals surface area contributed by atoms with Crippen LogP contribution in [0.3, 0.4) is 0 Å². The molecule has 0 radical (unpaired) electrons. The number of hydrogen-bond acceptors (Lipinski definition) is 4. The zero-order valence-electron chi connectivity index (χ0n) is 14.0. The van der Waals surface area contributed by atoms with Crippen LogP contribution in [0.2, 0.25) is 0 Å². The SMILES string of the molecule is Cc1ccc(N(C)C(=O)c2c(O)c3c(C)csc3n(C)c2=O)cc1. The smallest absolute Gasteiger partial charge is 0.268 e. The highest BCUT2D eigenvalue weighted by atomic mass is 32.1. The normalized spacial score (nSPS) is 11.0. The minimum Gasteiger partial charge on any atom is -0.506 e. The number of aryl methyl sites for hydroxylation is 3. The highest BCUT2D eigenvalue weighted by Gasteiger charge is 2.26. The van der Waals surface area contributed by atoms with Crippen molar-refractivity contribution >= 4 is 33.1 Å². The van der Waals surface area contributed by atoms with Crippen molar-refractivity contribution < 1.29 is 9.90 Å². The molecule has 0 spiro atoms. The maximum atomic E-state index is 12.9. The van der Waals surface area contributed by atoms with Crippen molar-refractivity contribution in [3.63, 3.8) is 0 Å². The van der Waals surface area contributed by atoms with Gasteiger partial charge in [0.05, 0.1) is 5.39 Å². The average Bonchev–Trinajstić information content (AvgIpc) is 2.95. The molecule has 0 unspecified atom stereocenters. The van der Waals surface area contributed by atoms with Crippen LogP contribution in [-0.2, 0) is 7.05 Å². The summed E-state index contributed by atoms with van der Waals surface area (Å²) in [5.74, 6) is -0.764. The molecule has 5 nitrogen and oxygen atoms in total. The van der Waals surface area contributed by atoms with Crippen molar-refractivity contribution in [2.24, 2.45) is 7.05 Å². The molecule has 0 aliphatic heterocycles. The van der Waals surface area contributed by atoms with Crippen LogP contribution in [-0.4, -0.2) is 22.6 Å². The van der Waals surface area contributed by atoms with Gasteiger partial charge in [-0.05, 0) is 36.9 Å². The molecule has 1 amide bonds. The van der Waals surface area contributed by atoms with Crippen LogP contribution < -0.4 is 10.5 Å². The van der Waals surface area contributed by atoms with Crippen molar-refractivity contribution in [3.8, 4) is 5.75 Å². The Bertz CT molecular complexity index is 1000. The Morgan fingerprint density at radius 3 is 2.46 bits per heavy atom. The van der Waals surface area contributed by atoms with E-state index >= 15 is 0 Å². The van der Waals surface area contributed by atoms with Crippen LogP contribution in [0.4, 0.5) is 5.69 Å². The van der Waals surface area contributed by atoms with Gasteiger partial charge in [0.2, 0.25) is 0 Å². The van der Waals surface area contributed by atoms with E-state index in [2.05, 4.69) is 0 Å². The third kappa shape index (κ3) is 2.39. The molecule has 0 bridgehead atoms. The Morgan fingerprint density at radius 1 is 1.21 bits per heavy atom. The molecule has 0 fully saturated rings. The van der Waals surface area contributed by atoms with Gasteiger partial charge in [-0.3, -0.25) is 9.59 Å². The van der Waals surface area contributed by atoms with Gasteiger partial charge >= 0.3 is 0 Å². The molecule has 0 saturated heterocycles. The Hall–Kier alpha value is -2.60. The summed E-state index contributed by atoms with van der Waals surface area (Å²) in [5.41, 5.74) is 1.89. The lowest BCUT2D eigenvalue weighted by Gasteiger charge is -2.18. The number of nitrogens with zero attached hydrogens (tertiary/aromatic N) is 2. The highest BCUT2D eigenvalue weighted by molar-refractivity contribution is 7.17. The number of aromatic hydroxyl groups is 1. The molecular formula is C18H18N2O3S. The monoisotopic (exact) mass is 342 g/mol. The van der Waals surface area contributed by atoms with E-state index in [4.69, 9.17) is 0 Å². The number of aromatic nitrogens is 1. The first-order valence-electron chi connectivity index (χ1n) is 7.47. The van der Waals surface area contributed by atoms with Gasteiger partial charge < -0.3 is 14.6 Å². The Balaban J connectivity index is 2.18. The molecule has 3 aromatic rings. The fourth-order valence-electron chi connectivity index (χ4n) is 2.70. The van der Waals surface area contributed by atoms with E-state index < -0.39 is 11.5 Å².